The maximum Gasteiger partial charge on any atom is 0.303 e. The summed E-state index contributed by atoms with van der Waals surface area (Å²) in [4.78, 5) is 21.2. The SMILES string of the molecule is CC(=O)O[C@@H]1C[C@H](O)C[C@H](CC(=O)O)C1. The third kappa shape index (κ3) is 4.29. The molecule has 0 aromatic carbocycles. The van der Waals surface area contributed by atoms with Crippen LogP contribution < -0.4 is 0 Å². The first-order valence-corrected chi connectivity index (χ1v) is 5.04. The Morgan fingerprint density at radius 1 is 1.33 bits per heavy atom. The van der Waals surface area contributed by atoms with Gasteiger partial charge in [-0.2, -0.15) is 0 Å². The first-order valence-electron chi connectivity index (χ1n) is 5.04. The van der Waals surface area contributed by atoms with E-state index >= 15 is 0 Å². The van der Waals surface area contributed by atoms with Gasteiger partial charge in [0.25, 0.3) is 0 Å². The van der Waals surface area contributed by atoms with Gasteiger partial charge >= 0.3 is 11.9 Å². The van der Waals surface area contributed by atoms with Gasteiger partial charge in [0.2, 0.25) is 0 Å². The summed E-state index contributed by atoms with van der Waals surface area (Å²) in [7, 11) is 0. The van der Waals surface area contributed by atoms with Crippen molar-refractivity contribution in [3.8, 4) is 0 Å². The molecule has 1 aliphatic carbocycles. The molecule has 5 nitrogen and oxygen atoms in total. The van der Waals surface area contributed by atoms with E-state index in [1.807, 2.05) is 0 Å². The van der Waals surface area contributed by atoms with Crippen LogP contribution in [0.1, 0.15) is 32.6 Å². The van der Waals surface area contributed by atoms with Crippen molar-refractivity contribution in [3.63, 3.8) is 0 Å². The molecular formula is C10H16O5. The Bertz CT molecular complexity index is 226. The molecular weight excluding hydrogens is 200 g/mol. The lowest BCUT2D eigenvalue weighted by atomic mass is 9.83. The first-order chi connectivity index (χ1) is 6.97. The summed E-state index contributed by atoms with van der Waals surface area (Å²) in [5, 5.41) is 18.1. The highest BCUT2D eigenvalue weighted by molar-refractivity contribution is 5.67. The monoisotopic (exact) mass is 216 g/mol. The van der Waals surface area contributed by atoms with Crippen LogP contribution in [0.25, 0.3) is 0 Å². The van der Waals surface area contributed by atoms with Crippen molar-refractivity contribution in [3.05, 3.63) is 0 Å². The second-order valence-electron chi connectivity index (χ2n) is 4.06. The zero-order valence-corrected chi connectivity index (χ0v) is 8.68. The molecule has 1 rings (SSSR count). The number of esters is 1. The van der Waals surface area contributed by atoms with Crippen LogP contribution >= 0.6 is 0 Å². The minimum atomic E-state index is -0.879. The molecule has 0 radical (unpaired) electrons. The summed E-state index contributed by atoms with van der Waals surface area (Å²) in [6.07, 6.45) is 0.542. The molecule has 0 heterocycles. The van der Waals surface area contributed by atoms with Gasteiger partial charge in [0.1, 0.15) is 6.10 Å². The second kappa shape index (κ2) is 5.11. The maximum absolute atomic E-state index is 10.7. The third-order valence-electron chi connectivity index (χ3n) is 2.53. The summed E-state index contributed by atoms with van der Waals surface area (Å²) in [5.74, 6) is -1.37. The van der Waals surface area contributed by atoms with Gasteiger partial charge in [-0.15, -0.1) is 0 Å². The molecule has 5 heteroatoms. The van der Waals surface area contributed by atoms with E-state index in [-0.39, 0.29) is 24.4 Å². The Hall–Kier alpha value is -1.10. The zero-order chi connectivity index (χ0) is 11.4. The zero-order valence-electron chi connectivity index (χ0n) is 8.68. The number of aliphatic hydroxyl groups excluding tert-OH is 1. The number of carbonyl (C=O) groups is 2. The number of hydrogen-bond donors (Lipinski definition) is 2. The van der Waals surface area contributed by atoms with Gasteiger partial charge in [0.05, 0.1) is 6.10 Å². The molecule has 0 aromatic heterocycles. The Labute approximate surface area is 88.0 Å². The number of ether oxygens (including phenoxy) is 1. The molecule has 0 unspecified atom stereocenters. The van der Waals surface area contributed by atoms with E-state index < -0.39 is 12.1 Å². The Balaban J connectivity index is 2.47. The highest BCUT2D eigenvalue weighted by Gasteiger charge is 2.30. The molecule has 15 heavy (non-hydrogen) atoms. The van der Waals surface area contributed by atoms with Crippen LogP contribution in [0, 0.1) is 5.92 Å². The van der Waals surface area contributed by atoms with Gasteiger partial charge in [-0.3, -0.25) is 9.59 Å². The molecule has 0 amide bonds. The molecule has 0 bridgehead atoms. The van der Waals surface area contributed by atoms with Crippen LogP contribution in [-0.2, 0) is 14.3 Å². The van der Waals surface area contributed by atoms with Gasteiger partial charge in [-0.25, -0.2) is 0 Å². The fraction of sp³-hybridized carbons (Fsp3) is 0.800. The number of carbonyl (C=O) groups excluding carboxylic acids is 1. The van der Waals surface area contributed by atoms with E-state index in [9.17, 15) is 14.7 Å². The van der Waals surface area contributed by atoms with Crippen molar-refractivity contribution in [2.75, 3.05) is 0 Å². The average molecular weight is 216 g/mol. The van der Waals surface area contributed by atoms with E-state index in [4.69, 9.17) is 9.84 Å². The molecule has 3 atom stereocenters. The minimum Gasteiger partial charge on any atom is -0.481 e. The van der Waals surface area contributed by atoms with Gasteiger partial charge in [-0.1, -0.05) is 0 Å². The number of rotatable bonds is 3. The quantitative estimate of drug-likeness (QED) is 0.673. The Kier molecular flexibility index (Phi) is 4.08. The number of carboxylic acid groups (broad SMARTS) is 1. The van der Waals surface area contributed by atoms with Crippen molar-refractivity contribution in [2.24, 2.45) is 5.92 Å². The first kappa shape index (κ1) is 12.0. The molecule has 1 saturated carbocycles. The Morgan fingerprint density at radius 3 is 2.53 bits per heavy atom. The van der Waals surface area contributed by atoms with Crippen molar-refractivity contribution in [1.29, 1.82) is 0 Å². The second-order valence-corrected chi connectivity index (χ2v) is 4.06. The maximum atomic E-state index is 10.7. The number of carboxylic acids is 1. The largest absolute Gasteiger partial charge is 0.481 e. The van der Waals surface area contributed by atoms with Crippen molar-refractivity contribution >= 4 is 11.9 Å². The fourth-order valence-electron chi connectivity index (χ4n) is 2.09. The van der Waals surface area contributed by atoms with Crippen LogP contribution in [0.3, 0.4) is 0 Å². The molecule has 0 aromatic rings. The summed E-state index contributed by atoms with van der Waals surface area (Å²) >= 11 is 0. The van der Waals surface area contributed by atoms with Crippen LogP contribution in [0.2, 0.25) is 0 Å². The number of hydrogen-bond acceptors (Lipinski definition) is 4. The van der Waals surface area contributed by atoms with Crippen molar-refractivity contribution < 1.29 is 24.5 Å². The molecule has 1 fully saturated rings. The normalized spacial score (nSPS) is 30.9. The molecule has 0 saturated heterocycles. The van der Waals surface area contributed by atoms with Crippen LogP contribution in [0.4, 0.5) is 0 Å². The summed E-state index contributed by atoms with van der Waals surface area (Å²) < 4.78 is 4.98. The third-order valence-corrected chi connectivity index (χ3v) is 2.53. The van der Waals surface area contributed by atoms with Gasteiger partial charge in [0, 0.05) is 19.8 Å². The minimum absolute atomic E-state index is 0.0226. The summed E-state index contributed by atoms with van der Waals surface area (Å²) in [6, 6.07) is 0. The number of aliphatic hydroxyl groups is 1. The summed E-state index contributed by atoms with van der Waals surface area (Å²) in [5.41, 5.74) is 0. The van der Waals surface area contributed by atoms with Crippen LogP contribution in [0.15, 0.2) is 0 Å². The number of aliphatic carboxylic acids is 1. The van der Waals surface area contributed by atoms with E-state index in [1.54, 1.807) is 0 Å². The van der Waals surface area contributed by atoms with Crippen molar-refractivity contribution in [2.45, 2.75) is 44.8 Å². The fourth-order valence-corrected chi connectivity index (χ4v) is 2.09. The molecule has 2 N–H and O–H groups in total. The average Bonchev–Trinajstić information content (AvgIpc) is 1.98. The van der Waals surface area contributed by atoms with Crippen molar-refractivity contribution in [1.82, 2.24) is 0 Å². The van der Waals surface area contributed by atoms with Gasteiger partial charge in [0.15, 0.2) is 0 Å². The Morgan fingerprint density at radius 2 is 2.00 bits per heavy atom. The van der Waals surface area contributed by atoms with E-state index in [1.165, 1.54) is 6.92 Å². The van der Waals surface area contributed by atoms with E-state index in [2.05, 4.69) is 0 Å². The smallest absolute Gasteiger partial charge is 0.303 e. The highest BCUT2D eigenvalue weighted by Crippen LogP contribution is 2.29. The van der Waals surface area contributed by atoms with E-state index in [0.717, 1.165) is 0 Å². The highest BCUT2D eigenvalue weighted by atomic mass is 16.5. The molecule has 86 valence electrons. The van der Waals surface area contributed by atoms with Gasteiger partial charge < -0.3 is 14.9 Å². The lowest BCUT2D eigenvalue weighted by Gasteiger charge is -2.31. The molecule has 0 spiro atoms. The molecule has 1 aliphatic rings. The van der Waals surface area contributed by atoms with Crippen LogP contribution in [0.5, 0.6) is 0 Å². The topological polar surface area (TPSA) is 83.8 Å². The lowest BCUT2D eigenvalue weighted by molar-refractivity contribution is -0.151. The molecule has 0 aliphatic heterocycles. The van der Waals surface area contributed by atoms with Gasteiger partial charge in [-0.05, 0) is 18.8 Å². The predicted octanol–water partition coefficient (Wildman–Crippen LogP) is 0.554. The standard InChI is InChI=1S/C10H16O5/c1-6(11)15-9-3-7(4-10(13)14)2-8(12)5-9/h7-9,12H,2-5H2,1H3,(H,13,14)/t7-,8+,9-/m0/s1. The lowest BCUT2D eigenvalue weighted by Crippen LogP contribution is -2.33. The predicted molar refractivity (Wildman–Crippen MR) is 51.2 cm³/mol. The summed E-state index contributed by atoms with van der Waals surface area (Å²) in [6.45, 7) is 1.31. The van der Waals surface area contributed by atoms with E-state index in [0.29, 0.717) is 19.3 Å². The van der Waals surface area contributed by atoms with Crippen LogP contribution in [-0.4, -0.2) is 34.4 Å².